The van der Waals surface area contributed by atoms with E-state index in [1.54, 1.807) is 6.26 Å². The van der Waals surface area contributed by atoms with Crippen LogP contribution in [0.3, 0.4) is 0 Å². The molecule has 0 saturated carbocycles. The fourth-order valence-electron chi connectivity index (χ4n) is 4.19. The predicted octanol–water partition coefficient (Wildman–Crippen LogP) is 4.81. The van der Waals surface area contributed by atoms with E-state index < -0.39 is 0 Å². The average molecular weight is 350 g/mol. The van der Waals surface area contributed by atoms with Gasteiger partial charge in [-0.15, -0.1) is 0 Å². The molecular weight excluding hydrogens is 324 g/mol. The van der Waals surface area contributed by atoms with Crippen molar-refractivity contribution in [2.75, 3.05) is 6.54 Å². The Labute approximate surface area is 154 Å². The molecule has 0 aliphatic carbocycles. The van der Waals surface area contributed by atoms with Crippen molar-refractivity contribution in [3.63, 3.8) is 0 Å². The van der Waals surface area contributed by atoms with Crippen molar-refractivity contribution in [2.24, 2.45) is 0 Å². The molecule has 0 bridgehead atoms. The summed E-state index contributed by atoms with van der Waals surface area (Å²) in [4.78, 5) is 15.0. The fraction of sp³-hybridized carbons (Fsp3) is 0.409. The van der Waals surface area contributed by atoms with Gasteiger partial charge in [0, 0.05) is 35.9 Å². The summed E-state index contributed by atoms with van der Waals surface area (Å²) in [5.41, 5.74) is 5.62. The summed E-state index contributed by atoms with van der Waals surface area (Å²) in [7, 11) is 0. The molecule has 0 spiro atoms. The van der Waals surface area contributed by atoms with Gasteiger partial charge in [0.15, 0.2) is 0 Å². The number of aromatic nitrogens is 1. The molecule has 0 saturated heterocycles. The van der Waals surface area contributed by atoms with Crippen molar-refractivity contribution < 1.29 is 9.21 Å². The van der Waals surface area contributed by atoms with E-state index in [2.05, 4.69) is 62.7 Å². The van der Waals surface area contributed by atoms with Crippen LogP contribution in [0.2, 0.25) is 0 Å². The van der Waals surface area contributed by atoms with Crippen LogP contribution in [-0.4, -0.2) is 21.9 Å². The SMILES string of the molecule is Cc1cc2occ(CC(=O)N3CCn4cccc4C3C)c2cc1C(C)C. The first-order valence-electron chi connectivity index (χ1n) is 9.41. The van der Waals surface area contributed by atoms with E-state index in [0.717, 1.165) is 29.6 Å². The highest BCUT2D eigenvalue weighted by molar-refractivity contribution is 5.88. The zero-order valence-corrected chi connectivity index (χ0v) is 16.0. The summed E-state index contributed by atoms with van der Waals surface area (Å²) in [5.74, 6) is 0.618. The molecule has 4 heteroatoms. The molecule has 1 atom stereocenters. The first kappa shape index (κ1) is 17.0. The van der Waals surface area contributed by atoms with Gasteiger partial charge in [-0.3, -0.25) is 4.79 Å². The van der Waals surface area contributed by atoms with Gasteiger partial charge < -0.3 is 13.9 Å². The lowest BCUT2D eigenvalue weighted by Gasteiger charge is -2.35. The smallest absolute Gasteiger partial charge is 0.227 e. The van der Waals surface area contributed by atoms with Crippen molar-refractivity contribution >= 4 is 16.9 Å². The minimum absolute atomic E-state index is 0.109. The van der Waals surface area contributed by atoms with E-state index >= 15 is 0 Å². The molecule has 2 aromatic heterocycles. The summed E-state index contributed by atoms with van der Waals surface area (Å²) in [6.45, 7) is 10.2. The van der Waals surface area contributed by atoms with E-state index in [9.17, 15) is 4.79 Å². The quantitative estimate of drug-likeness (QED) is 0.680. The summed E-state index contributed by atoms with van der Waals surface area (Å²) in [6, 6.07) is 8.56. The largest absolute Gasteiger partial charge is 0.464 e. The fourth-order valence-corrected chi connectivity index (χ4v) is 4.19. The third kappa shape index (κ3) is 2.74. The number of benzene rings is 1. The Kier molecular flexibility index (Phi) is 4.14. The molecule has 1 aliphatic rings. The number of rotatable bonds is 3. The molecule has 1 aliphatic heterocycles. The Balaban J connectivity index is 1.61. The van der Waals surface area contributed by atoms with Gasteiger partial charge in [0.1, 0.15) is 5.58 Å². The normalized spacial score (nSPS) is 17.1. The van der Waals surface area contributed by atoms with E-state index in [0.29, 0.717) is 12.3 Å². The molecule has 0 N–H and O–H groups in total. The molecule has 4 rings (SSSR count). The van der Waals surface area contributed by atoms with Crippen molar-refractivity contribution in [2.45, 2.75) is 52.6 Å². The summed E-state index contributed by atoms with van der Waals surface area (Å²) in [5, 5.41) is 1.07. The third-order valence-corrected chi connectivity index (χ3v) is 5.67. The minimum Gasteiger partial charge on any atom is -0.464 e. The van der Waals surface area contributed by atoms with Crippen molar-refractivity contribution in [1.29, 1.82) is 0 Å². The molecule has 1 amide bonds. The Hall–Kier alpha value is -2.49. The predicted molar refractivity (Wildman–Crippen MR) is 103 cm³/mol. The lowest BCUT2D eigenvalue weighted by atomic mass is 9.95. The molecule has 0 fully saturated rings. The second-order valence-corrected chi connectivity index (χ2v) is 7.69. The van der Waals surface area contributed by atoms with Crippen LogP contribution >= 0.6 is 0 Å². The Morgan fingerprint density at radius 3 is 2.88 bits per heavy atom. The van der Waals surface area contributed by atoms with Gasteiger partial charge in [-0.25, -0.2) is 0 Å². The van der Waals surface area contributed by atoms with Gasteiger partial charge in [0.05, 0.1) is 18.7 Å². The standard InChI is InChI=1S/C22H26N2O2/c1-14(2)18-12-19-17(13-26-21(19)10-15(18)3)11-22(25)24-9-8-23-7-5-6-20(23)16(24)4/h5-7,10,12-14,16H,8-9,11H2,1-4H3. The molecule has 1 aromatic carbocycles. The van der Waals surface area contributed by atoms with Crippen LogP contribution in [0.4, 0.5) is 0 Å². The van der Waals surface area contributed by atoms with E-state index in [4.69, 9.17) is 4.42 Å². The summed E-state index contributed by atoms with van der Waals surface area (Å²) in [6.07, 6.45) is 4.23. The monoisotopic (exact) mass is 350 g/mol. The van der Waals surface area contributed by atoms with Gasteiger partial charge >= 0.3 is 0 Å². The van der Waals surface area contributed by atoms with Crippen molar-refractivity contribution in [3.05, 3.63) is 59.1 Å². The summed E-state index contributed by atoms with van der Waals surface area (Å²) < 4.78 is 7.98. The molecule has 136 valence electrons. The van der Waals surface area contributed by atoms with E-state index in [-0.39, 0.29) is 11.9 Å². The molecule has 3 aromatic rings. The van der Waals surface area contributed by atoms with Gasteiger partial charge in [-0.2, -0.15) is 0 Å². The Morgan fingerprint density at radius 2 is 2.12 bits per heavy atom. The zero-order chi connectivity index (χ0) is 18.4. The van der Waals surface area contributed by atoms with E-state index in [1.807, 2.05) is 4.90 Å². The van der Waals surface area contributed by atoms with Crippen LogP contribution in [-0.2, 0) is 17.8 Å². The highest BCUT2D eigenvalue weighted by atomic mass is 16.3. The zero-order valence-electron chi connectivity index (χ0n) is 16.0. The van der Waals surface area contributed by atoms with Gasteiger partial charge in [0.25, 0.3) is 0 Å². The number of amides is 1. The number of fused-ring (bicyclic) bond motifs is 2. The van der Waals surface area contributed by atoms with Crippen molar-refractivity contribution in [3.8, 4) is 0 Å². The lowest BCUT2D eigenvalue weighted by Crippen LogP contribution is -2.41. The number of hydrogen-bond acceptors (Lipinski definition) is 2. The molecular formula is C22H26N2O2. The van der Waals surface area contributed by atoms with Crippen LogP contribution in [0, 0.1) is 6.92 Å². The lowest BCUT2D eigenvalue weighted by molar-refractivity contribution is -0.133. The van der Waals surface area contributed by atoms with Crippen LogP contribution < -0.4 is 0 Å². The Morgan fingerprint density at radius 1 is 1.31 bits per heavy atom. The average Bonchev–Trinajstić information content (AvgIpc) is 3.21. The molecule has 4 nitrogen and oxygen atoms in total. The maximum absolute atomic E-state index is 13.0. The topological polar surface area (TPSA) is 38.4 Å². The number of aryl methyl sites for hydroxylation is 1. The van der Waals surface area contributed by atoms with Crippen LogP contribution in [0.5, 0.6) is 0 Å². The van der Waals surface area contributed by atoms with E-state index in [1.165, 1.54) is 16.8 Å². The highest BCUT2D eigenvalue weighted by Crippen LogP contribution is 2.31. The Bertz CT molecular complexity index is 964. The first-order chi connectivity index (χ1) is 12.5. The molecule has 0 radical (unpaired) electrons. The van der Waals surface area contributed by atoms with Gasteiger partial charge in [0.2, 0.25) is 5.91 Å². The minimum atomic E-state index is 0.109. The maximum Gasteiger partial charge on any atom is 0.227 e. The number of carbonyl (C=O) groups is 1. The number of hydrogen-bond donors (Lipinski definition) is 0. The number of nitrogens with zero attached hydrogens (tertiary/aromatic N) is 2. The summed E-state index contributed by atoms with van der Waals surface area (Å²) >= 11 is 0. The maximum atomic E-state index is 13.0. The second kappa shape index (κ2) is 6.35. The number of carbonyl (C=O) groups excluding carboxylic acids is 1. The van der Waals surface area contributed by atoms with Crippen molar-refractivity contribution in [1.82, 2.24) is 9.47 Å². The first-order valence-corrected chi connectivity index (χ1v) is 9.41. The van der Waals surface area contributed by atoms with Gasteiger partial charge in [-0.1, -0.05) is 13.8 Å². The van der Waals surface area contributed by atoms with Crippen LogP contribution in [0.15, 0.2) is 41.1 Å². The van der Waals surface area contributed by atoms with Crippen LogP contribution in [0.1, 0.15) is 55.1 Å². The second-order valence-electron chi connectivity index (χ2n) is 7.69. The molecule has 1 unspecified atom stereocenters. The van der Waals surface area contributed by atoms with Gasteiger partial charge in [-0.05, 0) is 55.2 Å². The molecule has 26 heavy (non-hydrogen) atoms. The van der Waals surface area contributed by atoms with Crippen LogP contribution in [0.25, 0.3) is 11.0 Å². The highest BCUT2D eigenvalue weighted by Gasteiger charge is 2.28. The number of furan rings is 1. The third-order valence-electron chi connectivity index (χ3n) is 5.67. The molecule has 3 heterocycles.